The van der Waals surface area contributed by atoms with Crippen LogP contribution >= 0.6 is 24.0 Å². The second-order valence-corrected chi connectivity index (χ2v) is 8.37. The van der Waals surface area contributed by atoms with Crippen LogP contribution in [0.4, 0.5) is 0 Å². The molecule has 0 aliphatic carbocycles. The summed E-state index contributed by atoms with van der Waals surface area (Å²) in [6.45, 7) is 2.49. The lowest BCUT2D eigenvalue weighted by Crippen LogP contribution is -2.45. The van der Waals surface area contributed by atoms with Crippen molar-refractivity contribution in [2.45, 2.75) is 19.4 Å². The molecule has 1 saturated heterocycles. The van der Waals surface area contributed by atoms with Crippen LogP contribution in [0.2, 0.25) is 0 Å². The van der Waals surface area contributed by atoms with Crippen LogP contribution < -0.4 is 5.32 Å². The quantitative estimate of drug-likeness (QED) is 0.424. The number of halogens is 1. The van der Waals surface area contributed by atoms with E-state index in [1.165, 1.54) is 11.1 Å². The summed E-state index contributed by atoms with van der Waals surface area (Å²) in [6, 6.07) is 8.51. The van der Waals surface area contributed by atoms with Crippen molar-refractivity contribution < 1.29 is 8.42 Å². The van der Waals surface area contributed by atoms with Gasteiger partial charge in [0.1, 0.15) is 0 Å². The van der Waals surface area contributed by atoms with E-state index in [-0.39, 0.29) is 29.9 Å². The minimum atomic E-state index is -2.81. The second kappa shape index (κ2) is 7.83. The third kappa shape index (κ3) is 4.59. The van der Waals surface area contributed by atoms with E-state index in [1.807, 2.05) is 0 Å². The van der Waals surface area contributed by atoms with Gasteiger partial charge in [-0.1, -0.05) is 24.3 Å². The van der Waals surface area contributed by atoms with Crippen LogP contribution in [0, 0.1) is 5.92 Å². The summed E-state index contributed by atoms with van der Waals surface area (Å²) >= 11 is 0. The van der Waals surface area contributed by atoms with E-state index in [4.69, 9.17) is 0 Å². The van der Waals surface area contributed by atoms with Crippen LogP contribution in [0.25, 0.3) is 0 Å². The van der Waals surface area contributed by atoms with E-state index < -0.39 is 9.84 Å². The standard InChI is InChI=1S/C16H23N3O2S.HI/c1-17-16(18-10-13-7-9-22(20,21)12-13)19-8-6-14-4-2-3-5-15(14)11-19;/h2-5,13H,6-12H2,1H3,(H,17,18);1H. The zero-order valence-electron chi connectivity index (χ0n) is 13.4. The number of hydrogen-bond donors (Lipinski definition) is 1. The first-order valence-electron chi connectivity index (χ1n) is 7.80. The van der Waals surface area contributed by atoms with Crippen LogP contribution in [-0.2, 0) is 22.8 Å². The molecule has 0 spiro atoms. The minimum Gasteiger partial charge on any atom is -0.356 e. The van der Waals surface area contributed by atoms with Gasteiger partial charge in [0.2, 0.25) is 0 Å². The van der Waals surface area contributed by atoms with Crippen LogP contribution in [0.15, 0.2) is 29.3 Å². The molecule has 0 bridgehead atoms. The van der Waals surface area contributed by atoms with Gasteiger partial charge in [-0.15, -0.1) is 24.0 Å². The van der Waals surface area contributed by atoms with Crippen molar-refractivity contribution in [1.29, 1.82) is 0 Å². The zero-order chi connectivity index (χ0) is 15.6. The normalized spacial score (nSPS) is 23.1. The van der Waals surface area contributed by atoms with Gasteiger partial charge < -0.3 is 10.2 Å². The van der Waals surface area contributed by atoms with Crippen molar-refractivity contribution in [2.75, 3.05) is 31.6 Å². The lowest BCUT2D eigenvalue weighted by atomic mass is 10.0. The molecule has 1 unspecified atom stereocenters. The van der Waals surface area contributed by atoms with Gasteiger partial charge >= 0.3 is 0 Å². The maximum absolute atomic E-state index is 11.5. The predicted octanol–water partition coefficient (Wildman–Crippen LogP) is 1.67. The first-order valence-corrected chi connectivity index (χ1v) is 9.62. The minimum absolute atomic E-state index is 0. The predicted molar refractivity (Wildman–Crippen MR) is 104 cm³/mol. The lowest BCUT2D eigenvalue weighted by Gasteiger charge is -2.32. The fourth-order valence-corrected chi connectivity index (χ4v) is 5.14. The van der Waals surface area contributed by atoms with E-state index >= 15 is 0 Å². The maximum Gasteiger partial charge on any atom is 0.193 e. The van der Waals surface area contributed by atoms with Gasteiger partial charge in [0.05, 0.1) is 11.5 Å². The Balaban J connectivity index is 0.00000192. The van der Waals surface area contributed by atoms with Gasteiger partial charge in [-0.25, -0.2) is 8.42 Å². The van der Waals surface area contributed by atoms with Crippen LogP contribution in [0.3, 0.4) is 0 Å². The molecule has 2 aliphatic rings. The molecule has 2 aliphatic heterocycles. The Kier molecular flexibility index (Phi) is 6.30. The number of benzene rings is 1. The molecule has 1 N–H and O–H groups in total. The van der Waals surface area contributed by atoms with Gasteiger partial charge in [-0.05, 0) is 29.9 Å². The number of nitrogens with zero attached hydrogens (tertiary/aromatic N) is 2. The topological polar surface area (TPSA) is 61.8 Å². The molecule has 3 rings (SSSR count). The van der Waals surface area contributed by atoms with Crippen LogP contribution in [0.5, 0.6) is 0 Å². The molecule has 0 amide bonds. The molecular formula is C16H24IN3O2S. The molecular weight excluding hydrogens is 425 g/mol. The number of aliphatic imine (C=N–C) groups is 1. The van der Waals surface area contributed by atoms with Gasteiger partial charge in [0, 0.05) is 26.7 Å². The highest BCUT2D eigenvalue weighted by Crippen LogP contribution is 2.20. The fourth-order valence-electron chi connectivity index (χ4n) is 3.28. The molecule has 1 atom stereocenters. The first kappa shape index (κ1) is 18.5. The second-order valence-electron chi connectivity index (χ2n) is 6.14. The van der Waals surface area contributed by atoms with Gasteiger partial charge in [-0.2, -0.15) is 0 Å². The summed E-state index contributed by atoms with van der Waals surface area (Å²) in [4.78, 5) is 6.61. The summed E-state index contributed by atoms with van der Waals surface area (Å²) < 4.78 is 23.1. The lowest BCUT2D eigenvalue weighted by molar-refractivity contribution is 0.375. The van der Waals surface area contributed by atoms with Crippen molar-refractivity contribution in [1.82, 2.24) is 10.2 Å². The van der Waals surface area contributed by atoms with E-state index in [0.29, 0.717) is 18.1 Å². The molecule has 23 heavy (non-hydrogen) atoms. The van der Waals surface area contributed by atoms with E-state index in [9.17, 15) is 8.42 Å². The van der Waals surface area contributed by atoms with E-state index in [2.05, 4.69) is 39.5 Å². The summed E-state index contributed by atoms with van der Waals surface area (Å²) in [7, 11) is -1.02. The highest BCUT2D eigenvalue weighted by atomic mass is 127. The Morgan fingerprint density at radius 1 is 1.35 bits per heavy atom. The fraction of sp³-hybridized carbons (Fsp3) is 0.562. The van der Waals surface area contributed by atoms with Crippen molar-refractivity contribution in [3.05, 3.63) is 35.4 Å². The summed E-state index contributed by atoms with van der Waals surface area (Å²) in [5.41, 5.74) is 2.76. The van der Waals surface area contributed by atoms with E-state index in [1.54, 1.807) is 7.05 Å². The number of guanidine groups is 1. The van der Waals surface area contributed by atoms with Crippen LogP contribution in [-0.4, -0.2) is 50.9 Å². The summed E-state index contributed by atoms with van der Waals surface area (Å²) in [5, 5.41) is 3.36. The number of rotatable bonds is 2. The molecule has 5 nitrogen and oxygen atoms in total. The monoisotopic (exact) mass is 449 g/mol. The Bertz CT molecular complexity index is 676. The zero-order valence-corrected chi connectivity index (χ0v) is 16.5. The molecule has 128 valence electrons. The molecule has 0 radical (unpaired) electrons. The number of hydrogen-bond acceptors (Lipinski definition) is 3. The highest BCUT2D eigenvalue weighted by molar-refractivity contribution is 14.0. The van der Waals surface area contributed by atoms with Crippen molar-refractivity contribution in [3.8, 4) is 0 Å². The Morgan fingerprint density at radius 2 is 2.09 bits per heavy atom. The SMILES string of the molecule is CN=C(NCC1CCS(=O)(=O)C1)N1CCc2ccccc2C1.I. The molecule has 1 aromatic rings. The summed E-state index contributed by atoms with van der Waals surface area (Å²) in [5.74, 6) is 1.71. The Morgan fingerprint density at radius 3 is 2.74 bits per heavy atom. The number of fused-ring (bicyclic) bond motifs is 1. The molecule has 7 heteroatoms. The van der Waals surface area contributed by atoms with E-state index in [0.717, 1.165) is 31.9 Å². The van der Waals surface area contributed by atoms with Crippen molar-refractivity contribution in [2.24, 2.45) is 10.9 Å². The average molecular weight is 449 g/mol. The van der Waals surface area contributed by atoms with Crippen molar-refractivity contribution >= 4 is 39.8 Å². The van der Waals surface area contributed by atoms with Gasteiger partial charge in [0.25, 0.3) is 0 Å². The van der Waals surface area contributed by atoms with Crippen molar-refractivity contribution in [3.63, 3.8) is 0 Å². The molecule has 0 saturated carbocycles. The smallest absolute Gasteiger partial charge is 0.193 e. The molecule has 0 aromatic heterocycles. The average Bonchev–Trinajstić information content (AvgIpc) is 2.87. The Labute approximate surface area is 155 Å². The third-order valence-corrected chi connectivity index (χ3v) is 6.35. The Hall–Kier alpha value is -0.830. The number of nitrogens with one attached hydrogen (secondary N) is 1. The highest BCUT2D eigenvalue weighted by Gasteiger charge is 2.28. The van der Waals surface area contributed by atoms with Gasteiger partial charge in [-0.3, -0.25) is 4.99 Å². The first-order chi connectivity index (χ1) is 10.6. The molecule has 2 heterocycles. The largest absolute Gasteiger partial charge is 0.356 e. The molecule has 1 fully saturated rings. The van der Waals surface area contributed by atoms with Gasteiger partial charge in [0.15, 0.2) is 15.8 Å². The van der Waals surface area contributed by atoms with Crippen LogP contribution in [0.1, 0.15) is 17.5 Å². The number of sulfone groups is 1. The maximum atomic E-state index is 11.5. The molecule has 1 aromatic carbocycles. The summed E-state index contributed by atoms with van der Waals surface area (Å²) in [6.07, 6.45) is 1.78. The third-order valence-electron chi connectivity index (χ3n) is 4.52.